The van der Waals surface area contributed by atoms with Crippen molar-refractivity contribution in [2.45, 2.75) is 38.3 Å². The van der Waals surface area contributed by atoms with Crippen molar-refractivity contribution < 1.29 is 19.0 Å². The number of hydrogen-bond acceptors (Lipinski definition) is 7. The van der Waals surface area contributed by atoms with Crippen LogP contribution in [0.2, 0.25) is 0 Å². The topological polar surface area (TPSA) is 98.4 Å². The number of nitrogens with two attached hydrogens (primary N) is 1. The van der Waals surface area contributed by atoms with E-state index in [0.717, 1.165) is 48.3 Å². The maximum atomic E-state index is 12.6. The number of nitrogens with zero attached hydrogens (tertiary/aromatic N) is 2. The fourth-order valence-electron chi connectivity index (χ4n) is 4.99. The molecule has 1 fully saturated rings. The van der Waals surface area contributed by atoms with E-state index in [9.17, 15) is 4.79 Å². The van der Waals surface area contributed by atoms with E-state index in [1.54, 1.807) is 7.11 Å². The van der Waals surface area contributed by atoms with Crippen molar-refractivity contribution in [1.29, 1.82) is 0 Å². The molecule has 4 rings (SSSR count). The molecule has 0 spiro atoms. The zero-order valence-electron chi connectivity index (χ0n) is 21.8. The molecule has 2 aliphatic rings. The van der Waals surface area contributed by atoms with Gasteiger partial charge in [0.1, 0.15) is 5.66 Å². The van der Waals surface area contributed by atoms with Gasteiger partial charge in [0.25, 0.3) is 5.91 Å². The van der Waals surface area contributed by atoms with E-state index in [4.69, 9.17) is 24.9 Å². The van der Waals surface area contributed by atoms with Gasteiger partial charge in [0, 0.05) is 55.5 Å². The van der Waals surface area contributed by atoms with Crippen LogP contribution in [0.3, 0.4) is 0 Å². The lowest BCUT2D eigenvalue weighted by molar-refractivity contribution is 0.0944. The molecule has 2 heterocycles. The maximum absolute atomic E-state index is 12.6. The summed E-state index contributed by atoms with van der Waals surface area (Å²) in [6, 6.07) is 11.6. The van der Waals surface area contributed by atoms with E-state index >= 15 is 0 Å². The number of rotatable bonds is 10. The van der Waals surface area contributed by atoms with Crippen LogP contribution < -0.4 is 20.5 Å². The number of likely N-dealkylation sites (tertiary alicyclic amines) is 1. The van der Waals surface area contributed by atoms with Gasteiger partial charge in [0.2, 0.25) is 0 Å². The van der Waals surface area contributed by atoms with Crippen molar-refractivity contribution in [2.24, 2.45) is 10.7 Å². The lowest BCUT2D eigenvalue weighted by Gasteiger charge is -2.46. The highest BCUT2D eigenvalue weighted by Crippen LogP contribution is 2.45. The summed E-state index contributed by atoms with van der Waals surface area (Å²) in [5.41, 5.74) is 10.7. The number of nitrogens with one attached hydrogen (secondary N) is 1. The average Bonchev–Trinajstić information content (AvgIpc) is 2.88. The van der Waals surface area contributed by atoms with Gasteiger partial charge in [-0.1, -0.05) is 12.1 Å². The average molecular weight is 495 g/mol. The van der Waals surface area contributed by atoms with Gasteiger partial charge in [0.05, 0.1) is 19.4 Å². The van der Waals surface area contributed by atoms with Gasteiger partial charge in [-0.15, -0.1) is 0 Å². The number of carbonyl (C=O) groups excluding carboxylic acids is 1. The van der Waals surface area contributed by atoms with Crippen LogP contribution in [0.4, 0.5) is 0 Å². The molecule has 8 nitrogen and oxygen atoms in total. The molecule has 2 aromatic rings. The lowest BCUT2D eigenvalue weighted by Crippen LogP contribution is -2.56. The summed E-state index contributed by atoms with van der Waals surface area (Å²) >= 11 is 0. The van der Waals surface area contributed by atoms with Gasteiger partial charge < -0.3 is 30.2 Å². The molecule has 1 saturated heterocycles. The first-order valence-electron chi connectivity index (χ1n) is 12.8. The van der Waals surface area contributed by atoms with Crippen LogP contribution >= 0.6 is 0 Å². The van der Waals surface area contributed by atoms with E-state index in [1.807, 2.05) is 44.2 Å². The summed E-state index contributed by atoms with van der Waals surface area (Å²) in [7, 11) is 3.76. The van der Waals surface area contributed by atoms with Crippen molar-refractivity contribution >= 4 is 11.6 Å². The molecule has 0 bridgehead atoms. The van der Waals surface area contributed by atoms with Crippen LogP contribution in [0.5, 0.6) is 11.5 Å². The molecule has 194 valence electrons. The summed E-state index contributed by atoms with van der Waals surface area (Å²) < 4.78 is 16.9. The highest BCUT2D eigenvalue weighted by Gasteiger charge is 2.45. The molecule has 0 saturated carbocycles. The minimum absolute atomic E-state index is 0.0434. The number of hydrogen-bond donors (Lipinski definition) is 2. The van der Waals surface area contributed by atoms with Crippen LogP contribution in [0.15, 0.2) is 41.4 Å². The van der Waals surface area contributed by atoms with Crippen LogP contribution in [-0.2, 0) is 4.74 Å². The minimum Gasteiger partial charge on any atom is -0.493 e. The Bertz CT molecular complexity index is 1100. The zero-order chi connectivity index (χ0) is 25.7. The van der Waals surface area contributed by atoms with E-state index in [-0.39, 0.29) is 11.8 Å². The fourth-order valence-corrected chi connectivity index (χ4v) is 4.99. The Kier molecular flexibility index (Phi) is 8.28. The first kappa shape index (κ1) is 26.1. The number of aliphatic imine (C=N–C) groups is 1. The van der Waals surface area contributed by atoms with Gasteiger partial charge in [-0.05, 0) is 63.6 Å². The molecule has 0 radical (unpaired) electrons. The van der Waals surface area contributed by atoms with Crippen molar-refractivity contribution in [3.63, 3.8) is 0 Å². The maximum Gasteiger partial charge on any atom is 0.251 e. The van der Waals surface area contributed by atoms with E-state index in [2.05, 4.69) is 23.3 Å². The van der Waals surface area contributed by atoms with Crippen LogP contribution in [0.25, 0.3) is 0 Å². The minimum atomic E-state index is -0.705. The van der Waals surface area contributed by atoms with Crippen LogP contribution in [0.1, 0.15) is 59.7 Å². The fraction of sp³-hybridized carbons (Fsp3) is 0.500. The quantitative estimate of drug-likeness (QED) is 0.493. The highest BCUT2D eigenvalue weighted by atomic mass is 16.5. The first-order chi connectivity index (χ1) is 17.4. The Hall–Kier alpha value is -2.94. The predicted molar refractivity (Wildman–Crippen MR) is 141 cm³/mol. The number of fused-ring (bicyclic) bond motifs is 3. The molecule has 36 heavy (non-hydrogen) atoms. The van der Waals surface area contributed by atoms with E-state index < -0.39 is 5.66 Å². The summed E-state index contributed by atoms with van der Waals surface area (Å²) in [5.74, 6) is 1.33. The molecule has 8 heteroatoms. The van der Waals surface area contributed by atoms with Gasteiger partial charge >= 0.3 is 0 Å². The lowest BCUT2D eigenvalue weighted by atomic mass is 9.75. The van der Waals surface area contributed by atoms with Gasteiger partial charge in [-0.2, -0.15) is 0 Å². The second-order valence-electron chi connectivity index (χ2n) is 9.42. The molecule has 2 aromatic carbocycles. The molecular weight excluding hydrogens is 456 g/mol. The van der Waals surface area contributed by atoms with Crippen molar-refractivity contribution in [3.8, 4) is 11.5 Å². The second kappa shape index (κ2) is 11.4. The number of benzene rings is 2. The number of carbonyl (C=O) groups is 1. The largest absolute Gasteiger partial charge is 0.493 e. The Morgan fingerprint density at radius 3 is 2.67 bits per heavy atom. The van der Waals surface area contributed by atoms with Crippen molar-refractivity contribution in [2.75, 3.05) is 53.6 Å². The Morgan fingerprint density at radius 2 is 1.97 bits per heavy atom. The molecule has 0 aliphatic carbocycles. The molecular formula is C28H38N4O4. The monoisotopic (exact) mass is 494 g/mol. The number of amides is 1. The predicted octanol–water partition coefficient (Wildman–Crippen LogP) is 3.18. The third kappa shape index (κ3) is 5.40. The second-order valence-corrected chi connectivity index (χ2v) is 9.42. The summed E-state index contributed by atoms with van der Waals surface area (Å²) in [5, 5.41) is 2.95. The molecule has 3 N–H and O–H groups in total. The van der Waals surface area contributed by atoms with E-state index in [0.29, 0.717) is 43.4 Å². The highest BCUT2D eigenvalue weighted by molar-refractivity contribution is 6.15. The standard InChI is InChI=1S/C28H38N4O4/c1-5-35-15-7-13-30-27(33)20-10-8-19(9-11-20)26-22-17-24(34-4)25(36-6-2)16-21(22)23-18-32(3)14-12-28(23,29)31-26/h8-11,16-17,23H,5-7,12-15,18,29H2,1-4H3,(H,30,33)/t23?,28-/m1/s1. The Balaban J connectivity index is 1.66. The zero-order valence-corrected chi connectivity index (χ0v) is 21.8. The van der Waals surface area contributed by atoms with Crippen LogP contribution in [0, 0.1) is 0 Å². The summed E-state index contributed by atoms with van der Waals surface area (Å²) in [6.07, 6.45) is 1.54. The third-order valence-corrected chi connectivity index (χ3v) is 6.95. The summed E-state index contributed by atoms with van der Waals surface area (Å²) in [4.78, 5) is 20.0. The van der Waals surface area contributed by atoms with Crippen LogP contribution in [-0.4, -0.2) is 75.8 Å². The number of methoxy groups -OCH3 is 1. The van der Waals surface area contributed by atoms with Gasteiger partial charge in [-0.25, -0.2) is 0 Å². The number of likely N-dealkylation sites (N-methyl/N-ethyl adjacent to an activating group) is 1. The normalized spacial score (nSPS) is 21.2. The summed E-state index contributed by atoms with van der Waals surface area (Å²) in [6.45, 7) is 8.07. The molecule has 1 amide bonds. The van der Waals surface area contributed by atoms with E-state index in [1.165, 1.54) is 0 Å². The SMILES string of the molecule is CCOCCCNC(=O)c1ccc(C2=N[C@]3(N)CCN(C)CC3c3cc(OCC)c(OC)cc32)cc1. The molecule has 0 aromatic heterocycles. The number of ether oxygens (including phenoxy) is 3. The van der Waals surface area contributed by atoms with Crippen molar-refractivity contribution in [1.82, 2.24) is 10.2 Å². The third-order valence-electron chi connectivity index (χ3n) is 6.95. The first-order valence-corrected chi connectivity index (χ1v) is 12.8. The Morgan fingerprint density at radius 1 is 1.19 bits per heavy atom. The van der Waals surface area contributed by atoms with Gasteiger partial charge in [-0.3, -0.25) is 9.79 Å². The molecule has 2 aliphatic heterocycles. The molecule has 1 unspecified atom stereocenters. The number of piperidine rings is 1. The smallest absolute Gasteiger partial charge is 0.251 e. The molecule has 2 atom stereocenters. The van der Waals surface area contributed by atoms with Crippen molar-refractivity contribution in [3.05, 3.63) is 58.7 Å². The van der Waals surface area contributed by atoms with Gasteiger partial charge in [0.15, 0.2) is 11.5 Å². The Labute approximate surface area is 213 Å².